The molecule has 3 N–H and O–H groups in total. The normalized spacial score (nSPS) is 11.2. The zero-order valence-electron chi connectivity index (χ0n) is 13.1. The standard InChI is InChI=1S/C17H14N4OS2/c1-8-3-4-9(2)13-10(8)7-11-12(18)14(24-16(11)20-13)15(22)21-17-19-5-6-23-17/h3-7H,18H2,1-2H3,(H,19,21,22). The van der Waals surface area contributed by atoms with Crippen LogP contribution in [0.25, 0.3) is 21.1 Å². The third kappa shape index (κ3) is 2.33. The smallest absolute Gasteiger partial charge is 0.269 e. The fourth-order valence-electron chi connectivity index (χ4n) is 2.67. The average Bonchev–Trinajstić information content (AvgIpc) is 3.18. The lowest BCUT2D eigenvalue weighted by Gasteiger charge is -2.05. The van der Waals surface area contributed by atoms with Crippen molar-refractivity contribution < 1.29 is 4.79 Å². The van der Waals surface area contributed by atoms with Crippen LogP contribution in [0.2, 0.25) is 0 Å². The summed E-state index contributed by atoms with van der Waals surface area (Å²) in [4.78, 5) is 22.5. The fraction of sp³-hybridized carbons (Fsp3) is 0.118. The van der Waals surface area contributed by atoms with Crippen LogP contribution < -0.4 is 11.1 Å². The van der Waals surface area contributed by atoms with Crippen LogP contribution in [0, 0.1) is 13.8 Å². The minimum atomic E-state index is -0.247. The summed E-state index contributed by atoms with van der Waals surface area (Å²) >= 11 is 2.68. The number of thiophene rings is 1. The molecule has 0 fully saturated rings. The summed E-state index contributed by atoms with van der Waals surface area (Å²) in [6.07, 6.45) is 1.65. The number of nitrogens with two attached hydrogens (primary N) is 1. The van der Waals surface area contributed by atoms with Gasteiger partial charge >= 0.3 is 0 Å². The van der Waals surface area contributed by atoms with Crippen LogP contribution in [0.5, 0.6) is 0 Å². The summed E-state index contributed by atoms with van der Waals surface area (Å²) in [7, 11) is 0. The van der Waals surface area contributed by atoms with Crippen molar-refractivity contribution in [2.45, 2.75) is 13.8 Å². The number of thiazole rings is 1. The molecule has 0 spiro atoms. The molecule has 0 unspecified atom stereocenters. The minimum absolute atomic E-state index is 0.247. The van der Waals surface area contributed by atoms with Gasteiger partial charge in [-0.25, -0.2) is 9.97 Å². The van der Waals surface area contributed by atoms with E-state index in [2.05, 4.69) is 22.4 Å². The van der Waals surface area contributed by atoms with E-state index in [9.17, 15) is 4.79 Å². The number of aromatic nitrogens is 2. The van der Waals surface area contributed by atoms with E-state index >= 15 is 0 Å². The van der Waals surface area contributed by atoms with Gasteiger partial charge in [0.2, 0.25) is 0 Å². The molecule has 0 aliphatic carbocycles. The first kappa shape index (κ1) is 15.0. The summed E-state index contributed by atoms with van der Waals surface area (Å²) in [5.74, 6) is -0.247. The van der Waals surface area contributed by atoms with Crippen LogP contribution in [0.15, 0.2) is 29.8 Å². The Balaban J connectivity index is 1.88. The zero-order valence-corrected chi connectivity index (χ0v) is 14.7. The number of pyridine rings is 1. The van der Waals surface area contributed by atoms with Crippen LogP contribution >= 0.6 is 22.7 Å². The molecule has 3 heterocycles. The SMILES string of the molecule is Cc1ccc(C)c2nc3sc(C(=O)Nc4nccs4)c(N)c3cc12. The van der Waals surface area contributed by atoms with Gasteiger partial charge in [0, 0.05) is 22.3 Å². The van der Waals surface area contributed by atoms with Gasteiger partial charge in [0.15, 0.2) is 5.13 Å². The van der Waals surface area contributed by atoms with E-state index in [-0.39, 0.29) is 5.91 Å². The van der Waals surface area contributed by atoms with E-state index in [0.29, 0.717) is 15.7 Å². The van der Waals surface area contributed by atoms with E-state index in [4.69, 9.17) is 10.7 Å². The maximum Gasteiger partial charge on any atom is 0.269 e. The number of rotatable bonds is 2. The highest BCUT2D eigenvalue weighted by molar-refractivity contribution is 7.21. The Morgan fingerprint density at radius 1 is 1.21 bits per heavy atom. The third-order valence-corrected chi connectivity index (χ3v) is 5.76. The van der Waals surface area contributed by atoms with Crippen molar-refractivity contribution in [1.82, 2.24) is 9.97 Å². The van der Waals surface area contributed by atoms with E-state index in [1.807, 2.05) is 25.3 Å². The van der Waals surface area contributed by atoms with Crippen molar-refractivity contribution in [2.24, 2.45) is 0 Å². The maximum absolute atomic E-state index is 12.5. The van der Waals surface area contributed by atoms with Gasteiger partial charge in [-0.15, -0.1) is 22.7 Å². The first-order chi connectivity index (χ1) is 11.5. The van der Waals surface area contributed by atoms with Gasteiger partial charge in [-0.1, -0.05) is 12.1 Å². The zero-order chi connectivity index (χ0) is 16.8. The molecule has 0 atom stereocenters. The Morgan fingerprint density at radius 3 is 2.75 bits per heavy atom. The van der Waals surface area contributed by atoms with Gasteiger partial charge < -0.3 is 5.73 Å². The molecular formula is C17H14N4OS2. The molecule has 1 aromatic carbocycles. The number of fused-ring (bicyclic) bond motifs is 2. The van der Waals surface area contributed by atoms with Crippen LogP contribution in [-0.2, 0) is 0 Å². The van der Waals surface area contributed by atoms with Crippen LogP contribution in [0.3, 0.4) is 0 Å². The number of nitrogen functional groups attached to an aromatic ring is 1. The number of hydrogen-bond acceptors (Lipinski definition) is 6. The van der Waals surface area contributed by atoms with Crippen molar-refractivity contribution in [3.8, 4) is 0 Å². The lowest BCUT2D eigenvalue weighted by Crippen LogP contribution is -2.11. The number of nitrogens with one attached hydrogen (secondary N) is 1. The van der Waals surface area contributed by atoms with E-state index in [1.54, 1.807) is 6.20 Å². The molecule has 5 nitrogen and oxygen atoms in total. The molecule has 0 aliphatic heterocycles. The highest BCUT2D eigenvalue weighted by Crippen LogP contribution is 2.36. The summed E-state index contributed by atoms with van der Waals surface area (Å²) in [5.41, 5.74) is 9.92. The van der Waals surface area contributed by atoms with Gasteiger partial charge in [0.05, 0.1) is 11.2 Å². The first-order valence-corrected chi connectivity index (χ1v) is 9.04. The van der Waals surface area contributed by atoms with Gasteiger partial charge in [0.25, 0.3) is 5.91 Å². The molecule has 7 heteroatoms. The Kier molecular flexibility index (Phi) is 3.47. The number of carbonyl (C=O) groups excluding carboxylic acids is 1. The van der Waals surface area contributed by atoms with Gasteiger partial charge in [-0.3, -0.25) is 10.1 Å². The highest BCUT2D eigenvalue weighted by Gasteiger charge is 2.19. The van der Waals surface area contributed by atoms with E-state index in [0.717, 1.165) is 32.2 Å². The number of nitrogens with zero attached hydrogens (tertiary/aromatic N) is 2. The molecule has 1 amide bonds. The molecule has 0 bridgehead atoms. The molecule has 3 aromatic heterocycles. The molecule has 4 rings (SSSR count). The average molecular weight is 354 g/mol. The predicted octanol–water partition coefficient (Wildman–Crippen LogP) is 4.36. The van der Waals surface area contributed by atoms with Crippen LogP contribution in [0.1, 0.15) is 20.8 Å². The lowest BCUT2D eigenvalue weighted by molar-refractivity contribution is 0.103. The second-order valence-electron chi connectivity index (χ2n) is 5.57. The molecular weight excluding hydrogens is 340 g/mol. The summed E-state index contributed by atoms with van der Waals surface area (Å²) < 4.78 is 0. The maximum atomic E-state index is 12.5. The van der Waals surface area contributed by atoms with Crippen LogP contribution in [-0.4, -0.2) is 15.9 Å². The topological polar surface area (TPSA) is 80.9 Å². The monoisotopic (exact) mass is 354 g/mol. The van der Waals surface area contributed by atoms with Crippen LogP contribution in [0.4, 0.5) is 10.8 Å². The fourth-order valence-corrected chi connectivity index (χ4v) is 4.17. The second kappa shape index (κ2) is 5.54. The quantitative estimate of drug-likeness (QED) is 0.560. The van der Waals surface area contributed by atoms with Crippen molar-refractivity contribution in [3.05, 3.63) is 45.8 Å². The molecule has 24 heavy (non-hydrogen) atoms. The van der Waals surface area contributed by atoms with E-state index < -0.39 is 0 Å². The Labute approximate surface area is 146 Å². The van der Waals surface area contributed by atoms with Crippen molar-refractivity contribution in [1.29, 1.82) is 0 Å². The molecule has 4 aromatic rings. The number of amides is 1. The highest BCUT2D eigenvalue weighted by atomic mass is 32.1. The van der Waals surface area contributed by atoms with E-state index in [1.165, 1.54) is 22.7 Å². The summed E-state index contributed by atoms with van der Waals surface area (Å²) in [5, 5.41) is 7.03. The number of carbonyl (C=O) groups is 1. The number of benzene rings is 1. The van der Waals surface area contributed by atoms with Gasteiger partial charge in [0.1, 0.15) is 9.71 Å². The Morgan fingerprint density at radius 2 is 2.00 bits per heavy atom. The molecule has 120 valence electrons. The largest absolute Gasteiger partial charge is 0.397 e. The first-order valence-electron chi connectivity index (χ1n) is 7.34. The lowest BCUT2D eigenvalue weighted by atomic mass is 10.0. The Hall–Kier alpha value is -2.51. The van der Waals surface area contributed by atoms with Gasteiger partial charge in [-0.2, -0.15) is 0 Å². The summed E-state index contributed by atoms with van der Waals surface area (Å²) in [6.45, 7) is 4.08. The predicted molar refractivity (Wildman–Crippen MR) is 101 cm³/mol. The van der Waals surface area contributed by atoms with Gasteiger partial charge in [-0.05, 0) is 31.0 Å². The van der Waals surface area contributed by atoms with Crippen molar-refractivity contribution in [3.63, 3.8) is 0 Å². The van der Waals surface area contributed by atoms with Crippen molar-refractivity contribution >= 4 is 60.5 Å². The molecule has 0 saturated carbocycles. The number of anilines is 2. The number of hydrogen-bond donors (Lipinski definition) is 2. The van der Waals surface area contributed by atoms with Crippen molar-refractivity contribution in [2.75, 3.05) is 11.1 Å². The molecule has 0 saturated heterocycles. The Bertz CT molecular complexity index is 1080. The number of aryl methyl sites for hydroxylation is 2. The third-order valence-electron chi connectivity index (χ3n) is 3.96. The summed E-state index contributed by atoms with van der Waals surface area (Å²) in [6, 6.07) is 6.17. The molecule has 0 aliphatic rings. The minimum Gasteiger partial charge on any atom is -0.397 e. The second-order valence-corrected chi connectivity index (χ2v) is 7.47. The molecule has 0 radical (unpaired) electrons.